The minimum absolute atomic E-state index is 0.235. The van der Waals surface area contributed by atoms with Gasteiger partial charge < -0.3 is 28.8 Å². The molecule has 4 rings (SSSR count). The van der Waals surface area contributed by atoms with Crippen molar-refractivity contribution in [3.8, 4) is 28.7 Å². The first-order chi connectivity index (χ1) is 14.7. The van der Waals surface area contributed by atoms with E-state index in [1.807, 2.05) is 24.3 Å². The topological polar surface area (TPSA) is 79.3 Å². The fraction of sp³-hybridized carbons (Fsp3) is 0.261. The lowest BCUT2D eigenvalue weighted by Gasteiger charge is -2.31. The van der Waals surface area contributed by atoms with E-state index in [1.165, 1.54) is 0 Å². The number of aliphatic hydroxyl groups excluding tert-OH is 1. The number of rotatable bonds is 7. The number of ether oxygens (including phenoxy) is 5. The number of benzene rings is 2. The van der Waals surface area contributed by atoms with Gasteiger partial charge in [-0.3, -0.25) is 4.98 Å². The highest BCUT2D eigenvalue weighted by Gasteiger charge is 2.31. The van der Waals surface area contributed by atoms with E-state index in [-0.39, 0.29) is 13.2 Å². The predicted molar refractivity (Wildman–Crippen MR) is 109 cm³/mol. The van der Waals surface area contributed by atoms with Crippen molar-refractivity contribution in [1.82, 2.24) is 4.98 Å². The highest BCUT2D eigenvalue weighted by atomic mass is 16.5. The second kappa shape index (κ2) is 8.92. The Labute approximate surface area is 174 Å². The van der Waals surface area contributed by atoms with Crippen molar-refractivity contribution in [2.24, 2.45) is 0 Å². The molecule has 1 aliphatic heterocycles. The van der Waals surface area contributed by atoms with Crippen molar-refractivity contribution < 1.29 is 28.8 Å². The van der Waals surface area contributed by atoms with Crippen LogP contribution in [0.15, 0.2) is 60.8 Å². The van der Waals surface area contributed by atoms with Gasteiger partial charge in [0.25, 0.3) is 0 Å². The largest absolute Gasteiger partial charge is 0.497 e. The molecule has 1 aliphatic rings. The third kappa shape index (κ3) is 4.41. The van der Waals surface area contributed by atoms with Gasteiger partial charge in [-0.2, -0.15) is 0 Å². The molecule has 7 nitrogen and oxygen atoms in total. The maximum absolute atomic E-state index is 10.9. The van der Waals surface area contributed by atoms with E-state index in [4.69, 9.17) is 23.7 Å². The number of aromatic nitrogens is 1. The fourth-order valence-corrected chi connectivity index (χ4v) is 3.21. The molecule has 2 aromatic carbocycles. The van der Waals surface area contributed by atoms with Crippen LogP contribution in [0.3, 0.4) is 0 Å². The molecule has 0 aliphatic carbocycles. The summed E-state index contributed by atoms with van der Waals surface area (Å²) in [6.07, 6.45) is 0.251. The molecule has 0 unspecified atom stereocenters. The van der Waals surface area contributed by atoms with E-state index in [2.05, 4.69) is 4.98 Å². The average molecular weight is 409 g/mol. The number of fused-ring (bicyclic) bond motifs is 1. The molecule has 0 radical (unpaired) electrons. The molecule has 156 valence electrons. The Bertz CT molecular complexity index is 1010. The third-order valence-corrected chi connectivity index (χ3v) is 4.79. The van der Waals surface area contributed by atoms with E-state index in [0.29, 0.717) is 28.6 Å². The maximum Gasteiger partial charge on any atom is 0.163 e. The zero-order valence-corrected chi connectivity index (χ0v) is 16.8. The second-order valence-corrected chi connectivity index (χ2v) is 6.77. The summed E-state index contributed by atoms with van der Waals surface area (Å²) in [7, 11) is 3.20. The van der Waals surface area contributed by atoms with Gasteiger partial charge in [-0.05, 0) is 36.4 Å². The smallest absolute Gasteiger partial charge is 0.163 e. The van der Waals surface area contributed by atoms with Gasteiger partial charge in [-0.15, -0.1) is 0 Å². The standard InChI is InChI=1S/C23H23NO6/c1-26-16-4-3-5-19(11-16)30-22-14-29-21-7-6-18(12-20(21)23(22)25)28-13-15-10-17(27-2)8-9-24-15/h3-12,22-23,25H,13-14H2,1-2H3/t22-,23+/m0/s1. The van der Waals surface area contributed by atoms with Crippen LogP contribution in [0.4, 0.5) is 0 Å². The normalized spacial score (nSPS) is 17.4. The number of hydrogen-bond donors (Lipinski definition) is 1. The first-order valence-electron chi connectivity index (χ1n) is 9.53. The molecule has 1 N–H and O–H groups in total. The van der Waals surface area contributed by atoms with Crippen LogP contribution >= 0.6 is 0 Å². The molecule has 0 bridgehead atoms. The molecule has 0 saturated heterocycles. The first-order valence-corrected chi connectivity index (χ1v) is 9.53. The lowest BCUT2D eigenvalue weighted by molar-refractivity contribution is -0.0105. The Kier molecular flexibility index (Phi) is 5.90. The molecule has 0 saturated carbocycles. The lowest BCUT2D eigenvalue weighted by Crippen LogP contribution is -2.35. The number of nitrogens with zero attached hydrogens (tertiary/aromatic N) is 1. The summed E-state index contributed by atoms with van der Waals surface area (Å²) in [5.74, 6) is 3.21. The van der Waals surface area contributed by atoms with Gasteiger partial charge in [0.1, 0.15) is 48.1 Å². The van der Waals surface area contributed by atoms with Crippen LogP contribution in [0, 0.1) is 0 Å². The Morgan fingerprint density at radius 1 is 0.967 bits per heavy atom. The summed E-state index contributed by atoms with van der Waals surface area (Å²) < 4.78 is 28.0. The summed E-state index contributed by atoms with van der Waals surface area (Å²) in [5, 5.41) is 10.9. The second-order valence-electron chi connectivity index (χ2n) is 6.77. The Morgan fingerprint density at radius 2 is 1.77 bits per heavy atom. The van der Waals surface area contributed by atoms with Crippen molar-refractivity contribution in [2.75, 3.05) is 20.8 Å². The molecule has 2 heterocycles. The predicted octanol–water partition coefficient (Wildman–Crippen LogP) is 3.55. The lowest BCUT2D eigenvalue weighted by atomic mass is 10.0. The first kappa shape index (κ1) is 19.8. The quantitative estimate of drug-likeness (QED) is 0.639. The molecular formula is C23H23NO6. The van der Waals surface area contributed by atoms with Crippen LogP contribution in [-0.4, -0.2) is 37.0 Å². The third-order valence-electron chi connectivity index (χ3n) is 4.79. The summed E-state index contributed by atoms with van der Waals surface area (Å²) in [5.41, 5.74) is 1.35. The minimum atomic E-state index is -0.863. The summed E-state index contributed by atoms with van der Waals surface area (Å²) >= 11 is 0. The van der Waals surface area contributed by atoms with Gasteiger partial charge in [0.15, 0.2) is 6.10 Å². The van der Waals surface area contributed by atoms with Crippen LogP contribution in [0.25, 0.3) is 0 Å². The number of methoxy groups -OCH3 is 2. The van der Waals surface area contributed by atoms with E-state index in [0.717, 1.165) is 11.4 Å². The SMILES string of the molecule is COc1cccc(O[C@H]2COc3ccc(OCc4cc(OC)ccn4)cc3[C@H]2O)c1. The van der Waals surface area contributed by atoms with Crippen molar-refractivity contribution in [3.63, 3.8) is 0 Å². The Hall–Kier alpha value is -3.45. The van der Waals surface area contributed by atoms with Gasteiger partial charge in [-0.1, -0.05) is 6.07 Å². The van der Waals surface area contributed by atoms with Gasteiger partial charge >= 0.3 is 0 Å². The summed E-state index contributed by atoms with van der Waals surface area (Å²) in [6.45, 7) is 0.510. The molecule has 1 aromatic heterocycles. The van der Waals surface area contributed by atoms with E-state index in [9.17, 15) is 5.11 Å². The van der Waals surface area contributed by atoms with Crippen LogP contribution in [0.5, 0.6) is 28.7 Å². The average Bonchev–Trinajstić information content (AvgIpc) is 2.80. The van der Waals surface area contributed by atoms with E-state index >= 15 is 0 Å². The van der Waals surface area contributed by atoms with Crippen molar-refractivity contribution in [1.29, 1.82) is 0 Å². The molecule has 0 spiro atoms. The van der Waals surface area contributed by atoms with Gasteiger partial charge in [0, 0.05) is 23.9 Å². The highest BCUT2D eigenvalue weighted by Crippen LogP contribution is 2.37. The highest BCUT2D eigenvalue weighted by molar-refractivity contribution is 5.44. The molecule has 2 atom stereocenters. The maximum atomic E-state index is 10.9. The zero-order valence-electron chi connectivity index (χ0n) is 16.8. The molecule has 30 heavy (non-hydrogen) atoms. The fourth-order valence-electron chi connectivity index (χ4n) is 3.21. The van der Waals surface area contributed by atoms with Crippen LogP contribution in [-0.2, 0) is 6.61 Å². The van der Waals surface area contributed by atoms with E-state index in [1.54, 1.807) is 50.7 Å². The molecule has 0 amide bonds. The molecular weight excluding hydrogens is 386 g/mol. The Morgan fingerprint density at radius 3 is 2.60 bits per heavy atom. The monoisotopic (exact) mass is 409 g/mol. The van der Waals surface area contributed by atoms with Crippen LogP contribution in [0.1, 0.15) is 17.4 Å². The van der Waals surface area contributed by atoms with Crippen molar-refractivity contribution in [2.45, 2.75) is 18.8 Å². The number of pyridine rings is 1. The van der Waals surface area contributed by atoms with Crippen molar-refractivity contribution in [3.05, 3.63) is 72.1 Å². The summed E-state index contributed by atoms with van der Waals surface area (Å²) in [6, 6.07) is 16.2. The summed E-state index contributed by atoms with van der Waals surface area (Å²) in [4.78, 5) is 4.27. The van der Waals surface area contributed by atoms with Crippen LogP contribution in [0.2, 0.25) is 0 Å². The molecule has 7 heteroatoms. The van der Waals surface area contributed by atoms with Gasteiger partial charge in [0.2, 0.25) is 0 Å². The minimum Gasteiger partial charge on any atom is -0.497 e. The number of hydrogen-bond acceptors (Lipinski definition) is 7. The zero-order chi connectivity index (χ0) is 20.9. The van der Waals surface area contributed by atoms with Gasteiger partial charge in [0.05, 0.1) is 19.9 Å². The van der Waals surface area contributed by atoms with Crippen molar-refractivity contribution >= 4 is 0 Å². The van der Waals surface area contributed by atoms with Gasteiger partial charge in [-0.25, -0.2) is 0 Å². The van der Waals surface area contributed by atoms with Crippen LogP contribution < -0.4 is 23.7 Å². The number of aliphatic hydroxyl groups is 1. The Balaban J connectivity index is 1.46. The molecule has 0 fully saturated rings. The van der Waals surface area contributed by atoms with E-state index < -0.39 is 12.2 Å². The molecule has 3 aromatic rings.